The van der Waals surface area contributed by atoms with Crippen molar-refractivity contribution in [3.8, 4) is 0 Å². The Morgan fingerprint density at radius 3 is 2.48 bits per heavy atom. The Morgan fingerprint density at radius 2 is 1.84 bits per heavy atom. The average Bonchev–Trinajstić information content (AvgIpc) is 2.57. The number of anilines is 1. The first kappa shape index (κ1) is 19.0. The number of carbonyl (C=O) groups is 1. The molecule has 2 rings (SSSR count). The summed E-state index contributed by atoms with van der Waals surface area (Å²) < 4.78 is 25.6. The van der Waals surface area contributed by atoms with Crippen LogP contribution in [-0.4, -0.2) is 27.1 Å². The molecule has 2 aromatic carbocycles. The van der Waals surface area contributed by atoms with Crippen molar-refractivity contribution in [3.63, 3.8) is 0 Å². The zero-order valence-electron chi connectivity index (χ0n) is 14.8. The van der Waals surface area contributed by atoms with E-state index in [9.17, 15) is 13.2 Å². The molecule has 0 saturated carbocycles. The van der Waals surface area contributed by atoms with Crippen LogP contribution in [0.2, 0.25) is 0 Å². The Balaban J connectivity index is 2.13. The third kappa shape index (κ3) is 5.32. The van der Waals surface area contributed by atoms with Gasteiger partial charge in [0.1, 0.15) is 6.54 Å². The van der Waals surface area contributed by atoms with E-state index in [-0.39, 0.29) is 12.5 Å². The molecule has 0 aliphatic heterocycles. The Hall–Kier alpha value is -2.34. The van der Waals surface area contributed by atoms with Crippen molar-refractivity contribution in [2.24, 2.45) is 0 Å². The number of sulfonamides is 1. The van der Waals surface area contributed by atoms with Gasteiger partial charge >= 0.3 is 0 Å². The first-order valence-corrected chi connectivity index (χ1v) is 10.0. The van der Waals surface area contributed by atoms with E-state index in [1.165, 1.54) is 0 Å². The minimum Gasteiger partial charge on any atom is -0.350 e. The molecule has 6 heteroatoms. The molecule has 0 saturated heterocycles. The molecule has 0 unspecified atom stereocenters. The zero-order chi connectivity index (χ0) is 18.4. The van der Waals surface area contributed by atoms with Crippen LogP contribution in [0.1, 0.15) is 23.6 Å². The molecule has 2 aromatic rings. The molecule has 1 amide bonds. The van der Waals surface area contributed by atoms with Gasteiger partial charge in [-0.15, -0.1) is 0 Å². The standard InChI is InChI=1S/C19H24N2O3S/c1-4-17-10-5-6-11-18(17)21(25(3,23)24)14-19(22)20-13-16-9-7-8-15(2)12-16/h5-12H,4,13-14H2,1-3H3,(H,20,22). The third-order valence-electron chi connectivity index (χ3n) is 3.90. The Morgan fingerprint density at radius 1 is 1.12 bits per heavy atom. The Kier molecular flexibility index (Phi) is 6.20. The summed E-state index contributed by atoms with van der Waals surface area (Å²) in [6.07, 6.45) is 1.81. The van der Waals surface area contributed by atoms with E-state index in [1.807, 2.05) is 50.2 Å². The maximum Gasteiger partial charge on any atom is 0.241 e. The number of benzene rings is 2. The third-order valence-corrected chi connectivity index (χ3v) is 5.03. The highest BCUT2D eigenvalue weighted by Gasteiger charge is 2.22. The zero-order valence-corrected chi connectivity index (χ0v) is 15.6. The van der Waals surface area contributed by atoms with E-state index in [2.05, 4.69) is 5.32 Å². The van der Waals surface area contributed by atoms with Crippen molar-refractivity contribution in [2.45, 2.75) is 26.8 Å². The number of hydrogen-bond acceptors (Lipinski definition) is 3. The van der Waals surface area contributed by atoms with Crippen molar-refractivity contribution in [3.05, 3.63) is 65.2 Å². The second-order valence-corrected chi connectivity index (χ2v) is 7.92. The lowest BCUT2D eigenvalue weighted by atomic mass is 10.1. The fraction of sp³-hybridized carbons (Fsp3) is 0.316. The van der Waals surface area contributed by atoms with E-state index in [0.29, 0.717) is 18.7 Å². The summed E-state index contributed by atoms with van der Waals surface area (Å²) in [6, 6.07) is 15.1. The number of nitrogens with zero attached hydrogens (tertiary/aromatic N) is 1. The normalized spacial score (nSPS) is 11.2. The van der Waals surface area contributed by atoms with Crippen LogP contribution in [0, 0.1) is 6.92 Å². The summed E-state index contributed by atoms with van der Waals surface area (Å²) in [6.45, 7) is 4.07. The Labute approximate surface area is 149 Å². The quantitative estimate of drug-likeness (QED) is 0.825. The molecule has 0 atom stereocenters. The monoisotopic (exact) mass is 360 g/mol. The molecule has 0 fully saturated rings. The molecule has 0 spiro atoms. The van der Waals surface area contributed by atoms with Crippen LogP contribution in [0.15, 0.2) is 48.5 Å². The maximum atomic E-state index is 12.3. The number of hydrogen-bond donors (Lipinski definition) is 1. The summed E-state index contributed by atoms with van der Waals surface area (Å²) in [5, 5.41) is 2.79. The van der Waals surface area contributed by atoms with Gasteiger partial charge in [0.2, 0.25) is 15.9 Å². The van der Waals surface area contributed by atoms with Crippen molar-refractivity contribution in [2.75, 3.05) is 17.1 Å². The Bertz CT molecular complexity index is 847. The summed E-state index contributed by atoms with van der Waals surface area (Å²) in [7, 11) is -3.56. The smallest absolute Gasteiger partial charge is 0.241 e. The minimum absolute atomic E-state index is 0.234. The summed E-state index contributed by atoms with van der Waals surface area (Å²) in [4.78, 5) is 12.3. The number of rotatable bonds is 7. The molecule has 0 heterocycles. The van der Waals surface area contributed by atoms with Gasteiger partial charge in [-0.1, -0.05) is 55.0 Å². The average molecular weight is 360 g/mol. The molecule has 0 aromatic heterocycles. The summed E-state index contributed by atoms with van der Waals surface area (Å²) in [5.74, 6) is -0.335. The largest absolute Gasteiger partial charge is 0.350 e. The van der Waals surface area contributed by atoms with Gasteiger partial charge in [0, 0.05) is 6.54 Å². The van der Waals surface area contributed by atoms with Gasteiger partial charge in [0.15, 0.2) is 0 Å². The molecular weight excluding hydrogens is 336 g/mol. The fourth-order valence-electron chi connectivity index (χ4n) is 2.64. The number of para-hydroxylation sites is 1. The van der Waals surface area contributed by atoms with E-state index in [0.717, 1.165) is 27.3 Å². The highest BCUT2D eigenvalue weighted by molar-refractivity contribution is 7.92. The van der Waals surface area contributed by atoms with E-state index in [4.69, 9.17) is 0 Å². The SMILES string of the molecule is CCc1ccccc1N(CC(=O)NCc1cccc(C)c1)S(C)(=O)=O. The van der Waals surface area contributed by atoms with Crippen LogP contribution in [0.25, 0.3) is 0 Å². The van der Waals surface area contributed by atoms with E-state index < -0.39 is 10.0 Å². The highest BCUT2D eigenvalue weighted by atomic mass is 32.2. The topological polar surface area (TPSA) is 66.5 Å². The second kappa shape index (κ2) is 8.16. The van der Waals surface area contributed by atoms with Gasteiger partial charge in [-0.2, -0.15) is 0 Å². The molecule has 0 aliphatic carbocycles. The van der Waals surface area contributed by atoms with Gasteiger partial charge in [-0.05, 0) is 30.5 Å². The number of amides is 1. The summed E-state index contributed by atoms with van der Waals surface area (Å²) in [5.41, 5.74) is 3.53. The predicted octanol–water partition coefficient (Wildman–Crippen LogP) is 2.64. The van der Waals surface area contributed by atoms with Gasteiger partial charge < -0.3 is 5.32 Å². The van der Waals surface area contributed by atoms with Crippen LogP contribution in [0.4, 0.5) is 5.69 Å². The maximum absolute atomic E-state index is 12.3. The van der Waals surface area contributed by atoms with Crippen molar-refractivity contribution in [1.82, 2.24) is 5.32 Å². The highest BCUT2D eigenvalue weighted by Crippen LogP contribution is 2.23. The lowest BCUT2D eigenvalue weighted by Crippen LogP contribution is -2.40. The first-order chi connectivity index (χ1) is 11.8. The molecule has 25 heavy (non-hydrogen) atoms. The molecule has 134 valence electrons. The van der Waals surface area contributed by atoms with Gasteiger partial charge in [0.25, 0.3) is 0 Å². The lowest BCUT2D eigenvalue weighted by molar-refractivity contribution is -0.119. The van der Waals surface area contributed by atoms with Gasteiger partial charge in [-0.25, -0.2) is 8.42 Å². The second-order valence-electron chi connectivity index (χ2n) is 6.02. The van der Waals surface area contributed by atoms with Crippen LogP contribution in [0.5, 0.6) is 0 Å². The lowest BCUT2D eigenvalue weighted by Gasteiger charge is -2.24. The van der Waals surface area contributed by atoms with Crippen LogP contribution >= 0.6 is 0 Å². The molecule has 5 nitrogen and oxygen atoms in total. The fourth-order valence-corrected chi connectivity index (χ4v) is 3.53. The van der Waals surface area contributed by atoms with Crippen LogP contribution in [0.3, 0.4) is 0 Å². The molecule has 0 radical (unpaired) electrons. The molecule has 1 N–H and O–H groups in total. The van der Waals surface area contributed by atoms with Gasteiger partial charge in [0.05, 0.1) is 11.9 Å². The first-order valence-electron chi connectivity index (χ1n) is 8.19. The number of nitrogens with one attached hydrogen (secondary N) is 1. The van der Waals surface area contributed by atoms with Crippen LogP contribution in [-0.2, 0) is 27.8 Å². The van der Waals surface area contributed by atoms with Crippen LogP contribution < -0.4 is 9.62 Å². The van der Waals surface area contributed by atoms with Crippen molar-refractivity contribution < 1.29 is 13.2 Å². The molecule has 0 bridgehead atoms. The molecular formula is C19H24N2O3S. The van der Waals surface area contributed by atoms with E-state index >= 15 is 0 Å². The summed E-state index contributed by atoms with van der Waals surface area (Å²) >= 11 is 0. The number of carbonyl (C=O) groups excluding carboxylic acids is 1. The number of aryl methyl sites for hydroxylation is 2. The van der Waals surface area contributed by atoms with Crippen molar-refractivity contribution >= 4 is 21.6 Å². The van der Waals surface area contributed by atoms with E-state index in [1.54, 1.807) is 12.1 Å². The van der Waals surface area contributed by atoms with Gasteiger partial charge in [-0.3, -0.25) is 9.10 Å². The van der Waals surface area contributed by atoms with Crippen molar-refractivity contribution in [1.29, 1.82) is 0 Å². The molecule has 0 aliphatic rings. The predicted molar refractivity (Wildman–Crippen MR) is 101 cm³/mol. The minimum atomic E-state index is -3.56.